The van der Waals surface area contributed by atoms with Crippen LogP contribution < -0.4 is 0 Å². The zero-order valence-electron chi connectivity index (χ0n) is 22.8. The minimum atomic E-state index is -0.922. The first-order chi connectivity index (χ1) is 16.9. The van der Waals surface area contributed by atoms with Crippen molar-refractivity contribution in [2.24, 2.45) is 22.7 Å². The number of hydrogen-bond donors (Lipinski definition) is 1. The minimum Gasteiger partial charge on any atom is -0.462 e. The average Bonchev–Trinajstić information content (AvgIpc) is 3.43. The van der Waals surface area contributed by atoms with Crippen LogP contribution in [0, 0.1) is 34.5 Å². The molecule has 198 valence electrons. The Morgan fingerprint density at radius 3 is 2.25 bits per heavy atom. The molecule has 4 rings (SSSR count). The smallest absolute Gasteiger partial charge is 0.302 e. The molecule has 0 aromatic carbocycles. The summed E-state index contributed by atoms with van der Waals surface area (Å²) >= 11 is 0. The van der Waals surface area contributed by atoms with Crippen LogP contribution in [0.15, 0.2) is 23.3 Å². The van der Waals surface area contributed by atoms with Crippen LogP contribution in [0.3, 0.4) is 0 Å². The predicted octanol–water partition coefficient (Wildman–Crippen LogP) is 6.05. The summed E-state index contributed by atoms with van der Waals surface area (Å²) in [6, 6.07) is 0. The number of carbonyl (C=O) groups excluding carboxylic acids is 2. The van der Waals surface area contributed by atoms with E-state index in [1.54, 1.807) is 19.4 Å². The summed E-state index contributed by atoms with van der Waals surface area (Å²) in [6.07, 6.45) is 15.6. The molecule has 0 heterocycles. The van der Waals surface area contributed by atoms with Gasteiger partial charge in [0.1, 0.15) is 17.8 Å². The van der Waals surface area contributed by atoms with Crippen molar-refractivity contribution >= 4 is 11.9 Å². The fourth-order valence-electron chi connectivity index (χ4n) is 7.63. The Bertz CT molecular complexity index is 957. The van der Waals surface area contributed by atoms with Gasteiger partial charge in [-0.3, -0.25) is 9.59 Å². The third-order valence-corrected chi connectivity index (χ3v) is 9.13. The van der Waals surface area contributed by atoms with E-state index in [1.807, 2.05) is 0 Å². The molecule has 0 aromatic rings. The lowest BCUT2D eigenvalue weighted by molar-refractivity contribution is -0.154. The molecule has 0 aromatic heterocycles. The number of rotatable bonds is 5. The highest BCUT2D eigenvalue weighted by Gasteiger charge is 2.60. The third-order valence-electron chi connectivity index (χ3n) is 9.13. The monoisotopic (exact) mass is 496 g/mol. The first-order valence-corrected chi connectivity index (χ1v) is 13.9. The van der Waals surface area contributed by atoms with Gasteiger partial charge < -0.3 is 14.6 Å². The second kappa shape index (κ2) is 10.4. The highest BCUT2D eigenvalue weighted by Crippen LogP contribution is 2.69. The molecule has 0 aliphatic heterocycles. The van der Waals surface area contributed by atoms with Crippen molar-refractivity contribution in [3.8, 4) is 11.8 Å². The molecule has 5 nitrogen and oxygen atoms in total. The van der Waals surface area contributed by atoms with Gasteiger partial charge in [-0.15, -0.1) is 0 Å². The van der Waals surface area contributed by atoms with Crippen LogP contribution in [0.4, 0.5) is 0 Å². The molecule has 1 N–H and O–H groups in total. The molecular formula is C31H44O5. The first-order valence-electron chi connectivity index (χ1n) is 13.9. The number of carbonyl (C=O) groups is 2. The molecule has 0 spiro atoms. The van der Waals surface area contributed by atoms with E-state index in [2.05, 4.69) is 30.9 Å². The lowest BCUT2D eigenvalue weighted by Gasteiger charge is -2.45. The largest absolute Gasteiger partial charge is 0.462 e. The topological polar surface area (TPSA) is 72.8 Å². The Labute approximate surface area is 217 Å². The van der Waals surface area contributed by atoms with Crippen molar-refractivity contribution < 1.29 is 24.2 Å². The van der Waals surface area contributed by atoms with Gasteiger partial charge in [0.05, 0.1) is 0 Å². The van der Waals surface area contributed by atoms with E-state index >= 15 is 0 Å². The average molecular weight is 497 g/mol. The molecule has 0 radical (unpaired) electrons. The van der Waals surface area contributed by atoms with Gasteiger partial charge in [0, 0.05) is 39.5 Å². The van der Waals surface area contributed by atoms with Gasteiger partial charge in [-0.25, -0.2) is 0 Å². The Balaban J connectivity index is 1.50. The molecule has 0 bridgehead atoms. The molecule has 0 amide bonds. The Morgan fingerprint density at radius 1 is 1.06 bits per heavy atom. The predicted molar refractivity (Wildman–Crippen MR) is 140 cm³/mol. The summed E-state index contributed by atoms with van der Waals surface area (Å²) in [7, 11) is 0. The Kier molecular flexibility index (Phi) is 7.77. The maximum Gasteiger partial charge on any atom is 0.302 e. The van der Waals surface area contributed by atoms with Crippen molar-refractivity contribution in [3.63, 3.8) is 0 Å². The van der Waals surface area contributed by atoms with Gasteiger partial charge in [-0.2, -0.15) is 0 Å². The van der Waals surface area contributed by atoms with E-state index in [1.165, 1.54) is 57.9 Å². The summed E-state index contributed by atoms with van der Waals surface area (Å²) < 4.78 is 11.0. The maximum atomic E-state index is 11.6. The van der Waals surface area contributed by atoms with Crippen LogP contribution in [0.5, 0.6) is 0 Å². The second-order valence-corrected chi connectivity index (χ2v) is 12.6. The second-order valence-electron chi connectivity index (χ2n) is 12.6. The fourth-order valence-corrected chi connectivity index (χ4v) is 7.63. The summed E-state index contributed by atoms with van der Waals surface area (Å²) in [6.45, 7) is 8.90. The molecule has 3 unspecified atom stereocenters. The number of aliphatic hydroxyl groups is 1. The molecular weight excluding hydrogens is 452 g/mol. The molecule has 5 heteroatoms. The summed E-state index contributed by atoms with van der Waals surface area (Å²) in [5.41, 5.74) is 2.46. The first kappa shape index (κ1) is 27.0. The zero-order chi connectivity index (χ0) is 26.1. The van der Waals surface area contributed by atoms with Gasteiger partial charge >= 0.3 is 11.9 Å². The van der Waals surface area contributed by atoms with Crippen LogP contribution in [0.25, 0.3) is 0 Å². The zero-order valence-corrected chi connectivity index (χ0v) is 22.8. The van der Waals surface area contributed by atoms with Crippen LogP contribution in [0.2, 0.25) is 0 Å². The minimum absolute atomic E-state index is 0.238. The van der Waals surface area contributed by atoms with Crippen LogP contribution in [-0.2, 0) is 19.1 Å². The molecule has 4 saturated carbocycles. The van der Waals surface area contributed by atoms with Crippen LogP contribution in [-0.4, -0.2) is 34.9 Å². The van der Waals surface area contributed by atoms with Gasteiger partial charge in [-0.05, 0) is 81.5 Å². The SMILES string of the molecule is CC(=O)OC1CC(=C/C=C2\CCC[C@@]3(C)C2CCC3C2(CC#CC(C)(C)O)CC2)C[C@@H](OC(C)=O)C1. The van der Waals surface area contributed by atoms with Crippen molar-refractivity contribution in [2.75, 3.05) is 0 Å². The third kappa shape index (κ3) is 6.25. The number of hydrogen-bond acceptors (Lipinski definition) is 5. The highest BCUT2D eigenvalue weighted by molar-refractivity contribution is 5.67. The van der Waals surface area contributed by atoms with Crippen LogP contribution in [0.1, 0.15) is 105 Å². The summed E-state index contributed by atoms with van der Waals surface area (Å²) in [4.78, 5) is 23.1. The quantitative estimate of drug-likeness (QED) is 0.371. The van der Waals surface area contributed by atoms with E-state index in [9.17, 15) is 14.7 Å². The number of fused-ring (bicyclic) bond motifs is 1. The molecule has 4 aliphatic carbocycles. The van der Waals surface area contributed by atoms with Crippen molar-refractivity contribution in [1.29, 1.82) is 0 Å². The van der Waals surface area contributed by atoms with Gasteiger partial charge in [0.25, 0.3) is 0 Å². The molecule has 5 atom stereocenters. The standard InChI is InChI=1S/C31H44O5/c1-21(32)35-25-18-23(19-26(20-25)36-22(2)33)9-10-24-8-6-14-30(5)27(24)11-12-28(30)31(16-17-31)15-7-13-29(3,4)34/h9-10,25-28,34H,6,8,11-12,14-20H2,1-5H3/b23-9?,24-10+/t25-,26?,27?,28?,30+/m1/s1. The van der Waals surface area contributed by atoms with E-state index < -0.39 is 5.60 Å². The molecule has 36 heavy (non-hydrogen) atoms. The maximum absolute atomic E-state index is 11.6. The van der Waals surface area contributed by atoms with E-state index in [0.717, 1.165) is 12.8 Å². The summed E-state index contributed by atoms with van der Waals surface area (Å²) in [5, 5.41) is 10.0. The molecule has 0 saturated heterocycles. The fraction of sp³-hybridized carbons (Fsp3) is 0.742. The Morgan fingerprint density at radius 2 is 1.69 bits per heavy atom. The summed E-state index contributed by atoms with van der Waals surface area (Å²) in [5.74, 6) is 7.10. The number of allylic oxidation sites excluding steroid dienone is 3. The van der Waals surface area contributed by atoms with Crippen LogP contribution >= 0.6 is 0 Å². The van der Waals surface area contributed by atoms with E-state index in [-0.39, 0.29) is 24.1 Å². The van der Waals surface area contributed by atoms with E-state index in [4.69, 9.17) is 9.47 Å². The molecule has 4 fully saturated rings. The number of esters is 2. The highest BCUT2D eigenvalue weighted by atomic mass is 16.6. The van der Waals surface area contributed by atoms with Crippen molar-refractivity contribution in [1.82, 2.24) is 0 Å². The normalized spacial score (nSPS) is 35.5. The van der Waals surface area contributed by atoms with Gasteiger partial charge in [0.15, 0.2) is 0 Å². The number of ether oxygens (including phenoxy) is 2. The van der Waals surface area contributed by atoms with Gasteiger partial charge in [0.2, 0.25) is 0 Å². The van der Waals surface area contributed by atoms with E-state index in [0.29, 0.717) is 41.9 Å². The Hall–Kier alpha value is -2.06. The van der Waals surface area contributed by atoms with Crippen molar-refractivity contribution in [2.45, 2.75) is 123 Å². The lowest BCUT2D eigenvalue weighted by atomic mass is 9.59. The van der Waals surface area contributed by atoms with Gasteiger partial charge in [-0.1, -0.05) is 42.1 Å². The van der Waals surface area contributed by atoms with Crippen molar-refractivity contribution in [3.05, 3.63) is 23.3 Å². The lowest BCUT2D eigenvalue weighted by Crippen LogP contribution is -2.37. The molecule has 4 aliphatic rings.